The van der Waals surface area contributed by atoms with E-state index in [-0.39, 0.29) is 5.92 Å². The first-order valence-corrected chi connectivity index (χ1v) is 14.7. The fraction of sp³-hybridized carbons (Fsp3) is 0.0811. The van der Waals surface area contributed by atoms with Crippen LogP contribution in [0.2, 0.25) is 0 Å². The number of allylic oxidation sites excluding steroid dienone is 4. The molecule has 1 atom stereocenters. The van der Waals surface area contributed by atoms with Gasteiger partial charge in [0, 0.05) is 48.2 Å². The maximum Gasteiger partial charge on any atom is 0.0548 e. The SMILES string of the molecule is Nc1ccccc1C(C1=CC=CCC1)c1cccc(-n2c3ccccc3c3cc4sc5ccccc5c4cc32)c1. The van der Waals surface area contributed by atoms with Crippen molar-refractivity contribution in [2.45, 2.75) is 18.8 Å². The molecule has 0 fully saturated rings. The molecule has 2 heterocycles. The van der Waals surface area contributed by atoms with Gasteiger partial charge in [-0.25, -0.2) is 0 Å². The minimum absolute atomic E-state index is 0.117. The Morgan fingerprint density at radius 2 is 1.50 bits per heavy atom. The van der Waals surface area contributed by atoms with Gasteiger partial charge in [0.25, 0.3) is 0 Å². The summed E-state index contributed by atoms with van der Waals surface area (Å²) in [7, 11) is 0. The summed E-state index contributed by atoms with van der Waals surface area (Å²) in [5.74, 6) is 0.117. The number of nitrogens with zero attached hydrogens (tertiary/aromatic N) is 1. The van der Waals surface area contributed by atoms with Crippen LogP contribution in [0, 0.1) is 0 Å². The lowest BCUT2D eigenvalue weighted by Crippen LogP contribution is -2.09. The molecule has 0 saturated carbocycles. The van der Waals surface area contributed by atoms with E-state index < -0.39 is 0 Å². The van der Waals surface area contributed by atoms with Crippen LogP contribution < -0.4 is 5.73 Å². The summed E-state index contributed by atoms with van der Waals surface area (Å²) in [5, 5.41) is 5.23. The van der Waals surface area contributed by atoms with Crippen molar-refractivity contribution >= 4 is 59.0 Å². The monoisotopic (exact) mass is 532 g/mol. The quantitative estimate of drug-likeness (QED) is 0.225. The van der Waals surface area contributed by atoms with Gasteiger partial charge in [0.15, 0.2) is 0 Å². The van der Waals surface area contributed by atoms with E-state index in [1.165, 1.54) is 64.4 Å². The van der Waals surface area contributed by atoms with Crippen LogP contribution >= 0.6 is 11.3 Å². The molecule has 2 nitrogen and oxygen atoms in total. The molecule has 192 valence electrons. The Morgan fingerprint density at radius 3 is 2.38 bits per heavy atom. The number of aromatic nitrogens is 1. The number of fused-ring (bicyclic) bond motifs is 6. The van der Waals surface area contributed by atoms with Gasteiger partial charge in [0.2, 0.25) is 0 Å². The van der Waals surface area contributed by atoms with E-state index in [0.717, 1.165) is 18.5 Å². The highest BCUT2D eigenvalue weighted by Crippen LogP contribution is 2.42. The third kappa shape index (κ3) is 3.62. The standard InChI is InChI=1S/C37H28N2S/c38-32-18-7-4-17-29(32)37(24-11-2-1-3-12-24)25-13-10-14-26(21-25)39-33-19-8-5-15-27(33)30-23-36-31(22-34(30)39)28-16-6-9-20-35(28)40-36/h1-2,4-11,13-23,37H,3,12,38H2. The summed E-state index contributed by atoms with van der Waals surface area (Å²) in [6, 6.07) is 39.7. The second-order valence-corrected chi connectivity index (χ2v) is 11.8. The molecular weight excluding hydrogens is 504 g/mol. The fourth-order valence-corrected chi connectivity index (χ4v) is 7.66. The molecule has 40 heavy (non-hydrogen) atoms. The number of anilines is 1. The Balaban J connectivity index is 1.39. The maximum absolute atomic E-state index is 6.59. The van der Waals surface area contributed by atoms with Gasteiger partial charge in [-0.3, -0.25) is 0 Å². The smallest absolute Gasteiger partial charge is 0.0548 e. The highest BCUT2D eigenvalue weighted by molar-refractivity contribution is 7.25. The third-order valence-corrected chi connectivity index (χ3v) is 9.49. The van der Waals surface area contributed by atoms with Crippen molar-refractivity contribution in [3.8, 4) is 5.69 Å². The number of thiophene rings is 1. The summed E-state index contributed by atoms with van der Waals surface area (Å²) in [4.78, 5) is 0. The maximum atomic E-state index is 6.59. The van der Waals surface area contributed by atoms with E-state index in [1.54, 1.807) is 0 Å². The number of hydrogen-bond donors (Lipinski definition) is 1. The predicted molar refractivity (Wildman–Crippen MR) is 173 cm³/mol. The van der Waals surface area contributed by atoms with Crippen molar-refractivity contribution < 1.29 is 0 Å². The zero-order chi connectivity index (χ0) is 26.6. The van der Waals surface area contributed by atoms with Crippen LogP contribution in [0.25, 0.3) is 47.7 Å². The Morgan fingerprint density at radius 1 is 0.675 bits per heavy atom. The number of rotatable bonds is 4. The minimum Gasteiger partial charge on any atom is -0.398 e. The lowest BCUT2D eigenvalue weighted by atomic mass is 9.80. The molecule has 0 bridgehead atoms. The second-order valence-electron chi connectivity index (χ2n) is 10.7. The number of para-hydroxylation sites is 2. The Bertz CT molecular complexity index is 2140. The summed E-state index contributed by atoms with van der Waals surface area (Å²) in [5.41, 5.74) is 14.9. The third-order valence-electron chi connectivity index (χ3n) is 8.36. The second kappa shape index (κ2) is 9.25. The average molecular weight is 533 g/mol. The van der Waals surface area contributed by atoms with Crippen LogP contribution in [0.3, 0.4) is 0 Å². The van der Waals surface area contributed by atoms with Gasteiger partial charge < -0.3 is 10.3 Å². The molecule has 7 aromatic rings. The molecule has 2 N–H and O–H groups in total. The van der Waals surface area contributed by atoms with Gasteiger partial charge in [0.05, 0.1) is 11.0 Å². The molecular formula is C37H28N2S. The van der Waals surface area contributed by atoms with Gasteiger partial charge in [-0.05, 0) is 66.4 Å². The highest BCUT2D eigenvalue weighted by Gasteiger charge is 2.23. The van der Waals surface area contributed by atoms with Crippen LogP contribution in [0.1, 0.15) is 29.9 Å². The van der Waals surface area contributed by atoms with Crippen molar-refractivity contribution in [1.29, 1.82) is 0 Å². The minimum atomic E-state index is 0.117. The van der Waals surface area contributed by atoms with Gasteiger partial charge >= 0.3 is 0 Å². The van der Waals surface area contributed by atoms with Crippen LogP contribution in [0.4, 0.5) is 5.69 Å². The molecule has 0 amide bonds. The molecule has 0 spiro atoms. The van der Waals surface area contributed by atoms with Crippen LogP contribution in [0.15, 0.2) is 133 Å². The van der Waals surface area contributed by atoms with Crippen LogP contribution in [-0.4, -0.2) is 4.57 Å². The summed E-state index contributed by atoms with van der Waals surface area (Å²) in [6.45, 7) is 0. The topological polar surface area (TPSA) is 30.9 Å². The van der Waals surface area contributed by atoms with Crippen molar-refractivity contribution in [3.05, 3.63) is 144 Å². The Kier molecular flexibility index (Phi) is 5.39. The Labute approximate surface area is 237 Å². The van der Waals surface area contributed by atoms with Crippen LogP contribution in [-0.2, 0) is 0 Å². The predicted octanol–water partition coefficient (Wildman–Crippen LogP) is 10.1. The molecule has 3 heteroatoms. The molecule has 1 aliphatic rings. The fourth-order valence-electron chi connectivity index (χ4n) is 6.54. The Hall–Kier alpha value is -4.60. The molecule has 0 radical (unpaired) electrons. The number of nitrogens with two attached hydrogens (primary N) is 1. The van der Waals surface area contributed by atoms with E-state index in [9.17, 15) is 0 Å². The van der Waals surface area contributed by atoms with E-state index in [4.69, 9.17) is 5.73 Å². The molecule has 8 rings (SSSR count). The molecule has 5 aromatic carbocycles. The first kappa shape index (κ1) is 23.3. The van der Waals surface area contributed by atoms with Gasteiger partial charge in [0.1, 0.15) is 0 Å². The van der Waals surface area contributed by atoms with Crippen LogP contribution in [0.5, 0.6) is 0 Å². The van der Waals surface area contributed by atoms with E-state index in [0.29, 0.717) is 0 Å². The highest BCUT2D eigenvalue weighted by atomic mass is 32.1. The normalized spacial score (nSPS) is 14.3. The zero-order valence-electron chi connectivity index (χ0n) is 22.0. The van der Waals surface area contributed by atoms with Crippen molar-refractivity contribution in [3.63, 3.8) is 0 Å². The molecule has 0 aliphatic heterocycles. The van der Waals surface area contributed by atoms with Crippen molar-refractivity contribution in [1.82, 2.24) is 4.57 Å². The largest absolute Gasteiger partial charge is 0.398 e. The number of benzene rings is 5. The summed E-state index contributed by atoms with van der Waals surface area (Å²) < 4.78 is 5.11. The average Bonchev–Trinajstić information content (AvgIpc) is 3.53. The molecule has 1 aliphatic carbocycles. The molecule has 2 aromatic heterocycles. The molecule has 1 unspecified atom stereocenters. The van der Waals surface area contributed by atoms with E-state index in [1.807, 2.05) is 23.5 Å². The molecule has 0 saturated heterocycles. The van der Waals surface area contributed by atoms with Gasteiger partial charge in [-0.1, -0.05) is 90.5 Å². The first-order valence-electron chi connectivity index (χ1n) is 13.9. The summed E-state index contributed by atoms with van der Waals surface area (Å²) >= 11 is 1.88. The first-order chi connectivity index (χ1) is 19.8. The van der Waals surface area contributed by atoms with E-state index >= 15 is 0 Å². The number of hydrogen-bond acceptors (Lipinski definition) is 2. The van der Waals surface area contributed by atoms with Crippen molar-refractivity contribution in [2.24, 2.45) is 0 Å². The lowest BCUT2D eigenvalue weighted by molar-refractivity contribution is 0.832. The number of nitrogen functional groups attached to an aromatic ring is 1. The lowest BCUT2D eigenvalue weighted by Gasteiger charge is -2.25. The zero-order valence-corrected chi connectivity index (χ0v) is 22.9. The summed E-state index contributed by atoms with van der Waals surface area (Å²) in [6.07, 6.45) is 8.83. The van der Waals surface area contributed by atoms with Crippen molar-refractivity contribution in [2.75, 3.05) is 5.73 Å². The van der Waals surface area contributed by atoms with Gasteiger partial charge in [-0.15, -0.1) is 11.3 Å². The van der Waals surface area contributed by atoms with Gasteiger partial charge in [-0.2, -0.15) is 0 Å². The van der Waals surface area contributed by atoms with E-state index in [2.05, 4.69) is 120 Å².